The maximum atomic E-state index is 14.3. The summed E-state index contributed by atoms with van der Waals surface area (Å²) in [6, 6.07) is 10.9. The van der Waals surface area contributed by atoms with Gasteiger partial charge in [-0.15, -0.1) is 0 Å². The molecule has 0 bridgehead atoms. The Labute approximate surface area is 315 Å². The van der Waals surface area contributed by atoms with E-state index in [-0.39, 0.29) is 35.3 Å². The van der Waals surface area contributed by atoms with Crippen molar-refractivity contribution in [3.63, 3.8) is 0 Å². The largest absolute Gasteiger partial charge is 0.481 e. The lowest BCUT2D eigenvalue weighted by Gasteiger charge is -2.34. The van der Waals surface area contributed by atoms with Crippen LogP contribution in [0.4, 0.5) is 11.4 Å². The van der Waals surface area contributed by atoms with Gasteiger partial charge in [-0.1, -0.05) is 36.4 Å². The maximum absolute atomic E-state index is 14.3. The second-order valence-electron chi connectivity index (χ2n) is 14.0. The number of unbranched alkanes of at least 4 members (excludes halogenated alkanes) is 3. The van der Waals surface area contributed by atoms with Crippen LogP contribution in [0.3, 0.4) is 0 Å². The van der Waals surface area contributed by atoms with Gasteiger partial charge in [0, 0.05) is 48.5 Å². The van der Waals surface area contributed by atoms with Gasteiger partial charge < -0.3 is 19.1 Å². The lowest BCUT2D eigenvalue weighted by molar-refractivity contribution is -0.438. The van der Waals surface area contributed by atoms with Crippen LogP contribution in [-0.4, -0.2) is 60.6 Å². The number of anilines is 1. The SMILES string of the molecule is [CH]CCCN1\C(=C/C=C/C=C/C2=[N+](CCCCCC(=O)O)c3ccc(C)cc3C2(C)C)C(C)(C(=C)P(=O)(OCC)OCC)c2cc(S(=O)(=O)O)ccc21. The Kier molecular flexibility index (Phi) is 13.7. The predicted octanol–water partition coefficient (Wildman–Crippen LogP) is 9.31. The van der Waals surface area contributed by atoms with Crippen molar-refractivity contribution in [2.75, 3.05) is 31.2 Å². The van der Waals surface area contributed by atoms with E-state index in [9.17, 15) is 22.3 Å². The van der Waals surface area contributed by atoms with E-state index in [1.807, 2.05) is 36.1 Å². The fourth-order valence-corrected chi connectivity index (χ4v) is 9.67. The molecule has 2 aliphatic rings. The van der Waals surface area contributed by atoms with Crippen molar-refractivity contribution in [3.05, 3.63) is 108 Å². The molecular weight excluding hydrogens is 711 g/mol. The number of hydrogen-bond donors (Lipinski definition) is 2. The zero-order chi connectivity index (χ0) is 39.2. The summed E-state index contributed by atoms with van der Waals surface area (Å²) < 4.78 is 62.7. The molecule has 2 N–H and O–H groups in total. The first-order chi connectivity index (χ1) is 25.0. The van der Waals surface area contributed by atoms with Gasteiger partial charge in [0.1, 0.15) is 6.54 Å². The van der Waals surface area contributed by atoms with E-state index >= 15 is 0 Å². The summed E-state index contributed by atoms with van der Waals surface area (Å²) in [7, 11) is -8.49. The van der Waals surface area contributed by atoms with Gasteiger partial charge in [-0.3, -0.25) is 13.9 Å². The van der Waals surface area contributed by atoms with E-state index in [0.717, 1.165) is 30.8 Å². The monoisotopic (exact) mass is 765 g/mol. The molecule has 0 saturated heterocycles. The van der Waals surface area contributed by atoms with Crippen LogP contribution >= 0.6 is 7.60 Å². The molecule has 10 nitrogen and oxygen atoms in total. The fraction of sp³-hybridized carbons (Fsp3) is 0.439. The number of carbonyl (C=O) groups is 1. The molecule has 0 saturated carbocycles. The molecule has 286 valence electrons. The maximum Gasteiger partial charge on any atom is 0.358 e. The molecule has 2 radical (unpaired) electrons. The highest BCUT2D eigenvalue weighted by Gasteiger charge is 2.52. The number of carboxylic acid groups (broad SMARTS) is 1. The first-order valence-corrected chi connectivity index (χ1v) is 21.2. The minimum atomic E-state index is -4.56. The van der Waals surface area contributed by atoms with Crippen molar-refractivity contribution in [2.45, 2.75) is 95.8 Å². The Bertz CT molecular complexity index is 1990. The molecular formula is C41H54N2O8PS+. The fourth-order valence-electron chi connectivity index (χ4n) is 7.32. The third-order valence-electron chi connectivity index (χ3n) is 10.0. The molecule has 2 aromatic rings. The standard InChI is InChI=1S/C41H53N2O8PS/c1-9-12-26-43-36-25-23-32(53(47,48)49)29-34(36)41(8,31(5)52(46,50-10-2)51-11-3)38(43)20-16-13-15-19-37-40(6,7)33-28-30(4)22-24-35(33)42(37)27-18-14-17-21-39(44)45/h1,13,15-16,19-20,22-25,28-29H,5,9-12,14,17-18,21,26-27H2,2-4,6-8H3,(H-,44,45,47,48,49)/p+1. The van der Waals surface area contributed by atoms with Gasteiger partial charge in [-0.05, 0) is 110 Å². The number of allylic oxidation sites excluding steroid dienone is 6. The summed E-state index contributed by atoms with van der Waals surface area (Å²) >= 11 is 0. The summed E-state index contributed by atoms with van der Waals surface area (Å²) in [4.78, 5) is 12.8. The number of fused-ring (bicyclic) bond motifs is 2. The second kappa shape index (κ2) is 17.2. The number of hydrogen-bond acceptors (Lipinski definition) is 7. The predicted molar refractivity (Wildman–Crippen MR) is 211 cm³/mol. The summed E-state index contributed by atoms with van der Waals surface area (Å²) in [6.45, 7) is 23.4. The van der Waals surface area contributed by atoms with Gasteiger partial charge in [0.05, 0.1) is 34.3 Å². The van der Waals surface area contributed by atoms with Gasteiger partial charge in [-0.25, -0.2) is 0 Å². The summed E-state index contributed by atoms with van der Waals surface area (Å²) in [5.74, 6) is -0.779. The van der Waals surface area contributed by atoms with Crippen LogP contribution in [-0.2, 0) is 39.4 Å². The average Bonchev–Trinajstić information content (AvgIpc) is 3.45. The number of aryl methyl sites for hydroxylation is 1. The number of rotatable bonds is 19. The molecule has 0 aromatic heterocycles. The molecule has 2 heterocycles. The van der Waals surface area contributed by atoms with E-state index in [4.69, 9.17) is 21.1 Å². The van der Waals surface area contributed by atoms with Crippen molar-refractivity contribution in [2.24, 2.45) is 0 Å². The third kappa shape index (κ3) is 8.87. The van der Waals surface area contributed by atoms with Crippen LogP contribution in [0.2, 0.25) is 0 Å². The van der Waals surface area contributed by atoms with Crippen LogP contribution < -0.4 is 4.90 Å². The molecule has 1 unspecified atom stereocenters. The minimum Gasteiger partial charge on any atom is -0.481 e. The van der Waals surface area contributed by atoms with E-state index in [1.54, 1.807) is 19.9 Å². The molecule has 12 heteroatoms. The van der Waals surface area contributed by atoms with Gasteiger partial charge in [0.2, 0.25) is 5.69 Å². The zero-order valence-corrected chi connectivity index (χ0v) is 33.5. The van der Waals surface area contributed by atoms with Crippen LogP contribution in [0.1, 0.15) is 89.8 Å². The molecule has 53 heavy (non-hydrogen) atoms. The second-order valence-corrected chi connectivity index (χ2v) is 17.5. The Balaban J connectivity index is 1.80. The van der Waals surface area contributed by atoms with Crippen LogP contribution in [0, 0.1) is 13.8 Å². The zero-order valence-electron chi connectivity index (χ0n) is 31.8. The van der Waals surface area contributed by atoms with E-state index in [2.05, 4.69) is 56.2 Å². The van der Waals surface area contributed by atoms with Crippen molar-refractivity contribution >= 4 is 40.8 Å². The van der Waals surface area contributed by atoms with Crippen LogP contribution in [0.15, 0.2) is 89.3 Å². The lowest BCUT2D eigenvalue weighted by atomic mass is 9.81. The molecule has 0 spiro atoms. The molecule has 4 rings (SSSR count). The molecule has 2 aliphatic heterocycles. The first kappa shape index (κ1) is 42.1. The number of nitrogens with zero attached hydrogens (tertiary/aromatic N) is 2. The number of benzene rings is 2. The molecule has 0 aliphatic carbocycles. The van der Waals surface area contributed by atoms with Crippen LogP contribution in [0.5, 0.6) is 0 Å². The Morgan fingerprint density at radius 1 is 1.00 bits per heavy atom. The highest BCUT2D eigenvalue weighted by Crippen LogP contribution is 2.66. The molecule has 0 fully saturated rings. The molecule has 2 aromatic carbocycles. The van der Waals surface area contributed by atoms with Gasteiger partial charge >= 0.3 is 13.6 Å². The highest BCUT2D eigenvalue weighted by molar-refractivity contribution is 7.85. The normalized spacial score (nSPS) is 19.2. The number of aliphatic carboxylic acids is 1. The Morgan fingerprint density at radius 3 is 2.32 bits per heavy atom. The summed E-state index contributed by atoms with van der Waals surface area (Å²) in [5.41, 5.74) is 4.97. The topological polar surface area (TPSA) is 133 Å². The van der Waals surface area contributed by atoms with Crippen molar-refractivity contribution in [3.8, 4) is 0 Å². The third-order valence-corrected chi connectivity index (χ3v) is 13.2. The quantitative estimate of drug-likeness (QED) is 0.0472. The molecule has 1 atom stereocenters. The Hall–Kier alpha value is -3.60. The van der Waals surface area contributed by atoms with Crippen molar-refractivity contribution in [1.82, 2.24) is 0 Å². The highest BCUT2D eigenvalue weighted by atomic mass is 32.2. The first-order valence-electron chi connectivity index (χ1n) is 18.2. The average molecular weight is 766 g/mol. The van der Waals surface area contributed by atoms with E-state index in [0.29, 0.717) is 42.8 Å². The van der Waals surface area contributed by atoms with Crippen LogP contribution in [0.25, 0.3) is 0 Å². The van der Waals surface area contributed by atoms with Crippen molar-refractivity contribution < 1.29 is 41.1 Å². The smallest absolute Gasteiger partial charge is 0.358 e. The Morgan fingerprint density at radius 2 is 1.70 bits per heavy atom. The van der Waals surface area contributed by atoms with Gasteiger partial charge in [0.15, 0.2) is 5.71 Å². The van der Waals surface area contributed by atoms with Gasteiger partial charge in [0.25, 0.3) is 10.1 Å². The summed E-state index contributed by atoms with van der Waals surface area (Å²) in [6.07, 6.45) is 13.2. The lowest BCUT2D eigenvalue weighted by Crippen LogP contribution is -2.31. The summed E-state index contributed by atoms with van der Waals surface area (Å²) in [5, 5.41) is 9.22. The minimum absolute atomic E-state index is 0.100. The van der Waals surface area contributed by atoms with Crippen molar-refractivity contribution in [1.29, 1.82) is 0 Å². The number of carboxylic acids is 1. The van der Waals surface area contributed by atoms with E-state index in [1.165, 1.54) is 23.3 Å². The molecule has 0 amide bonds. The van der Waals surface area contributed by atoms with E-state index < -0.39 is 29.1 Å². The van der Waals surface area contributed by atoms with Gasteiger partial charge in [-0.2, -0.15) is 13.0 Å².